The number of anilines is 1. The summed E-state index contributed by atoms with van der Waals surface area (Å²) in [6.07, 6.45) is 6.99. The molecule has 0 fully saturated rings. The molecule has 0 atom stereocenters. The number of rotatable bonds is 7. The number of fused-ring (bicyclic) bond motifs is 2. The number of unbranched alkanes of at least 4 members (excludes halogenated alkanes) is 1. The zero-order valence-corrected chi connectivity index (χ0v) is 18.3. The van der Waals surface area contributed by atoms with Crippen molar-refractivity contribution in [1.29, 1.82) is 0 Å². The lowest BCUT2D eigenvalue weighted by Crippen LogP contribution is -2.12. The molecule has 0 aliphatic heterocycles. The Morgan fingerprint density at radius 3 is 2.84 bits per heavy atom. The van der Waals surface area contributed by atoms with Crippen molar-refractivity contribution in [3.05, 3.63) is 58.0 Å². The van der Waals surface area contributed by atoms with Crippen molar-refractivity contribution in [2.24, 2.45) is 0 Å². The van der Waals surface area contributed by atoms with Crippen molar-refractivity contribution in [1.82, 2.24) is 9.97 Å². The van der Waals surface area contributed by atoms with E-state index >= 15 is 0 Å². The minimum Gasteiger partial charge on any atom is -0.505 e. The van der Waals surface area contributed by atoms with Gasteiger partial charge in [0.15, 0.2) is 5.69 Å². The zero-order chi connectivity index (χ0) is 21.8. The molecule has 31 heavy (non-hydrogen) atoms. The number of esters is 1. The predicted molar refractivity (Wildman–Crippen MR) is 122 cm³/mol. The highest BCUT2D eigenvalue weighted by molar-refractivity contribution is 6.31. The maximum Gasteiger partial charge on any atom is 0.360 e. The average molecular weight is 440 g/mol. The Labute approximate surface area is 186 Å². The lowest BCUT2D eigenvalue weighted by molar-refractivity contribution is 0.0590. The third-order valence-corrected chi connectivity index (χ3v) is 5.93. The highest BCUT2D eigenvalue weighted by atomic mass is 35.5. The van der Waals surface area contributed by atoms with E-state index in [0.29, 0.717) is 11.4 Å². The van der Waals surface area contributed by atoms with Gasteiger partial charge in [0, 0.05) is 34.0 Å². The van der Waals surface area contributed by atoms with Crippen molar-refractivity contribution in [3.63, 3.8) is 0 Å². The third-order valence-electron chi connectivity index (χ3n) is 5.70. The number of nitrogens with one attached hydrogen (secondary N) is 1. The standard InChI is InChI=1S/C24H26ClN3O3/c1-31-24(30)23-21(29)12-10-16(27-23)6-4-5-13-26-22-17-7-2-3-8-19(17)28-20-11-9-15(25)14-18(20)22/h9-12,14,29H,2-8,13H2,1H3,(H,26,28). The molecule has 2 heterocycles. The Morgan fingerprint density at radius 1 is 1.16 bits per heavy atom. The van der Waals surface area contributed by atoms with Crippen molar-refractivity contribution in [3.8, 4) is 5.75 Å². The number of hydrogen-bond acceptors (Lipinski definition) is 6. The molecule has 2 aromatic heterocycles. The Kier molecular flexibility index (Phi) is 6.56. The van der Waals surface area contributed by atoms with Crippen LogP contribution in [-0.2, 0) is 24.0 Å². The number of hydrogen-bond donors (Lipinski definition) is 2. The molecular weight excluding hydrogens is 414 g/mol. The number of ether oxygens (including phenoxy) is 1. The van der Waals surface area contributed by atoms with Gasteiger partial charge in [-0.2, -0.15) is 0 Å². The second-order valence-corrected chi connectivity index (χ2v) is 8.26. The molecule has 3 aromatic rings. The van der Waals surface area contributed by atoms with E-state index in [0.717, 1.165) is 54.5 Å². The van der Waals surface area contributed by atoms with Gasteiger partial charge in [-0.25, -0.2) is 9.78 Å². The fourth-order valence-electron chi connectivity index (χ4n) is 4.12. The SMILES string of the molecule is COC(=O)c1nc(CCCCNc2c3c(nc4ccc(Cl)cc24)CCCC3)ccc1O. The summed E-state index contributed by atoms with van der Waals surface area (Å²) in [5, 5.41) is 15.2. The maximum absolute atomic E-state index is 11.7. The van der Waals surface area contributed by atoms with E-state index < -0.39 is 5.97 Å². The normalized spacial score (nSPS) is 13.1. The first-order valence-corrected chi connectivity index (χ1v) is 11.1. The molecule has 1 aromatic carbocycles. The topological polar surface area (TPSA) is 84.3 Å². The highest BCUT2D eigenvalue weighted by Gasteiger charge is 2.18. The van der Waals surface area contributed by atoms with Crippen LogP contribution in [0.1, 0.15) is 53.1 Å². The lowest BCUT2D eigenvalue weighted by atomic mass is 9.92. The Morgan fingerprint density at radius 2 is 2.00 bits per heavy atom. The van der Waals surface area contributed by atoms with Gasteiger partial charge in [0.25, 0.3) is 0 Å². The van der Waals surface area contributed by atoms with Crippen LogP contribution < -0.4 is 5.32 Å². The first kappa shape index (κ1) is 21.4. The number of halogens is 1. The minimum atomic E-state index is -0.631. The number of pyridine rings is 2. The number of carbonyl (C=O) groups is 1. The fourth-order valence-corrected chi connectivity index (χ4v) is 4.29. The van der Waals surface area contributed by atoms with Gasteiger partial charge in [0.05, 0.1) is 12.6 Å². The molecule has 4 rings (SSSR count). The summed E-state index contributed by atoms with van der Waals surface area (Å²) in [7, 11) is 1.27. The van der Waals surface area contributed by atoms with E-state index in [4.69, 9.17) is 16.6 Å². The molecule has 6 nitrogen and oxygen atoms in total. The molecule has 1 aliphatic rings. The summed E-state index contributed by atoms with van der Waals surface area (Å²) in [5.74, 6) is -0.792. The number of aromatic nitrogens is 2. The van der Waals surface area contributed by atoms with Gasteiger partial charge in [-0.15, -0.1) is 0 Å². The van der Waals surface area contributed by atoms with Crippen LogP contribution in [-0.4, -0.2) is 34.7 Å². The molecule has 0 unspecified atom stereocenters. The molecule has 1 aliphatic carbocycles. The van der Waals surface area contributed by atoms with Crippen LogP contribution in [0.15, 0.2) is 30.3 Å². The largest absolute Gasteiger partial charge is 0.505 e. The molecule has 2 N–H and O–H groups in total. The smallest absolute Gasteiger partial charge is 0.360 e. The van der Waals surface area contributed by atoms with E-state index in [-0.39, 0.29) is 11.4 Å². The van der Waals surface area contributed by atoms with Gasteiger partial charge in [0.2, 0.25) is 0 Å². The van der Waals surface area contributed by atoms with Crippen LogP contribution in [0.4, 0.5) is 5.69 Å². The van der Waals surface area contributed by atoms with Gasteiger partial charge < -0.3 is 15.2 Å². The van der Waals surface area contributed by atoms with Crippen LogP contribution in [0.25, 0.3) is 10.9 Å². The number of aromatic hydroxyl groups is 1. The average Bonchev–Trinajstić information content (AvgIpc) is 2.79. The third kappa shape index (κ3) is 4.74. The van der Waals surface area contributed by atoms with Gasteiger partial charge in [-0.1, -0.05) is 11.6 Å². The summed E-state index contributed by atoms with van der Waals surface area (Å²) < 4.78 is 4.67. The molecular formula is C24H26ClN3O3. The number of nitrogens with zero attached hydrogens (tertiary/aromatic N) is 2. The monoisotopic (exact) mass is 439 g/mol. The van der Waals surface area contributed by atoms with E-state index in [1.165, 1.54) is 37.3 Å². The van der Waals surface area contributed by atoms with Crippen LogP contribution in [0.3, 0.4) is 0 Å². The predicted octanol–water partition coefficient (Wildman–Crippen LogP) is 5.09. The Hall–Kier alpha value is -2.86. The van der Waals surface area contributed by atoms with E-state index in [1.54, 1.807) is 6.07 Å². The number of aryl methyl sites for hydroxylation is 2. The molecule has 0 saturated heterocycles. The van der Waals surface area contributed by atoms with Gasteiger partial charge in [-0.05, 0) is 80.8 Å². The van der Waals surface area contributed by atoms with Gasteiger partial charge >= 0.3 is 5.97 Å². The Balaban J connectivity index is 1.42. The zero-order valence-electron chi connectivity index (χ0n) is 17.6. The van der Waals surface area contributed by atoms with Gasteiger partial charge in [0.1, 0.15) is 5.75 Å². The lowest BCUT2D eigenvalue weighted by Gasteiger charge is -2.22. The summed E-state index contributed by atoms with van der Waals surface area (Å²) in [6, 6.07) is 9.11. The van der Waals surface area contributed by atoms with Crippen molar-refractivity contribution >= 4 is 34.2 Å². The number of carbonyl (C=O) groups excluding carboxylic acids is 1. The number of methoxy groups -OCH3 is 1. The first-order valence-electron chi connectivity index (χ1n) is 10.7. The second kappa shape index (κ2) is 9.52. The molecule has 162 valence electrons. The molecule has 0 amide bonds. The molecule has 0 spiro atoms. The summed E-state index contributed by atoms with van der Waals surface area (Å²) >= 11 is 6.27. The summed E-state index contributed by atoms with van der Waals surface area (Å²) in [4.78, 5) is 20.8. The van der Waals surface area contributed by atoms with Crippen LogP contribution >= 0.6 is 11.6 Å². The van der Waals surface area contributed by atoms with Crippen molar-refractivity contribution in [2.75, 3.05) is 19.0 Å². The molecule has 0 radical (unpaired) electrons. The first-order chi connectivity index (χ1) is 15.1. The van der Waals surface area contributed by atoms with E-state index in [9.17, 15) is 9.90 Å². The van der Waals surface area contributed by atoms with Crippen molar-refractivity contribution in [2.45, 2.75) is 44.9 Å². The Bertz CT molecular complexity index is 1120. The van der Waals surface area contributed by atoms with Gasteiger partial charge in [-0.3, -0.25) is 4.98 Å². The highest BCUT2D eigenvalue weighted by Crippen LogP contribution is 2.34. The second-order valence-electron chi connectivity index (χ2n) is 7.83. The maximum atomic E-state index is 11.7. The fraction of sp³-hybridized carbons (Fsp3) is 0.375. The quantitative estimate of drug-likeness (QED) is 0.394. The summed E-state index contributed by atoms with van der Waals surface area (Å²) in [5.41, 5.74) is 5.40. The van der Waals surface area contributed by atoms with Crippen molar-refractivity contribution < 1.29 is 14.6 Å². The molecule has 0 saturated carbocycles. The van der Waals surface area contributed by atoms with Crippen LogP contribution in [0.5, 0.6) is 5.75 Å². The van der Waals surface area contributed by atoms with Crippen LogP contribution in [0, 0.1) is 0 Å². The molecule has 7 heteroatoms. The van der Waals surface area contributed by atoms with E-state index in [2.05, 4.69) is 15.0 Å². The van der Waals surface area contributed by atoms with E-state index in [1.807, 2.05) is 18.2 Å². The minimum absolute atomic E-state index is 0.0371. The molecule has 0 bridgehead atoms. The summed E-state index contributed by atoms with van der Waals surface area (Å²) in [6.45, 7) is 0.819. The van der Waals surface area contributed by atoms with Crippen LogP contribution in [0.2, 0.25) is 5.02 Å². The number of benzene rings is 1.